The van der Waals surface area contributed by atoms with Gasteiger partial charge in [-0.05, 0) is 32.1 Å². The first kappa shape index (κ1) is 49.7. The van der Waals surface area contributed by atoms with Crippen molar-refractivity contribution in [3.05, 3.63) is 115 Å². The molecule has 0 aliphatic heterocycles. The molecule has 6 radical (unpaired) electrons. The maximum Gasteiger partial charge on any atom is 0 e. The number of benzene rings is 1. The summed E-state index contributed by atoms with van der Waals surface area (Å²) in [5.41, 5.74) is 1.07. The maximum absolute atomic E-state index is 7.50. The van der Waals surface area contributed by atoms with Gasteiger partial charge in [0.2, 0.25) is 0 Å². The monoisotopic (exact) mass is 567 g/mol. The Morgan fingerprint density at radius 2 is 0.692 bits per heavy atom. The van der Waals surface area contributed by atoms with Crippen LogP contribution in [0.3, 0.4) is 0 Å². The van der Waals surface area contributed by atoms with Crippen molar-refractivity contribution >= 4 is 0 Å². The van der Waals surface area contributed by atoms with Crippen molar-refractivity contribution in [1.29, 1.82) is 0 Å². The van der Waals surface area contributed by atoms with E-state index < -0.39 is 0 Å². The average molecular weight is 566 g/mol. The quantitative estimate of drug-likeness (QED) is 0.261. The predicted octanol–water partition coefficient (Wildman–Crippen LogP) is 2.66. The van der Waals surface area contributed by atoms with E-state index in [2.05, 4.69) is 46.8 Å². The zero-order valence-corrected chi connectivity index (χ0v) is 17.0. The Balaban J connectivity index is -0.0000000257. The van der Waals surface area contributed by atoms with E-state index in [1.165, 1.54) is 0 Å². The molecule has 1 aliphatic carbocycles. The molecule has 0 N–H and O–H groups in total. The molecule has 0 amide bonds. The van der Waals surface area contributed by atoms with Crippen LogP contribution >= 0.6 is 0 Å². The molecule has 0 saturated heterocycles. The molecule has 0 aromatic heterocycles. The van der Waals surface area contributed by atoms with Crippen LogP contribution < -0.4 is 0 Å². The van der Waals surface area contributed by atoms with Gasteiger partial charge in [0.25, 0.3) is 0 Å². The van der Waals surface area contributed by atoms with E-state index in [0.29, 0.717) is 0 Å². The van der Waals surface area contributed by atoms with Crippen molar-refractivity contribution in [1.82, 2.24) is 0 Å². The van der Waals surface area contributed by atoms with E-state index >= 15 is 0 Å². The molecule has 0 heterocycles. The number of rotatable bonds is 0. The Morgan fingerprint density at radius 1 is 0.500 bits per heavy atom. The van der Waals surface area contributed by atoms with Crippen LogP contribution in [0.5, 0.6) is 0 Å². The minimum absolute atomic E-state index is 0. The Bertz CT molecular complexity index is 366. The molecule has 0 bridgehead atoms. The number of hydrogen-bond donors (Lipinski definition) is 0. The molecule has 0 spiro atoms. The van der Waals surface area contributed by atoms with E-state index in [1.807, 2.05) is 62.4 Å². The Morgan fingerprint density at radius 3 is 0.808 bits per heavy atom. The van der Waals surface area contributed by atoms with Gasteiger partial charge >= 0.3 is 67.8 Å². The van der Waals surface area contributed by atoms with Gasteiger partial charge < -0.3 is 0 Å². The second-order valence-electron chi connectivity index (χ2n) is 2.45. The summed E-state index contributed by atoms with van der Waals surface area (Å²) in [6.07, 6.45) is 10.0. The van der Waals surface area contributed by atoms with Crippen LogP contribution in [-0.4, -0.2) is 0 Å². The molecule has 136 valence electrons. The Hall–Kier alpha value is -1.29. The van der Waals surface area contributed by atoms with Gasteiger partial charge in [0.05, 0.1) is 0 Å². The van der Waals surface area contributed by atoms with Gasteiger partial charge in [0, 0.05) is 37.5 Å². The second kappa shape index (κ2) is 89.2. The van der Waals surface area contributed by atoms with Crippen LogP contribution in [0.4, 0.5) is 0 Å². The first-order valence-corrected chi connectivity index (χ1v) is 5.16. The van der Waals surface area contributed by atoms with Crippen LogP contribution in [0, 0.1) is 78.9 Å². The third kappa shape index (κ3) is 78.1. The van der Waals surface area contributed by atoms with Crippen molar-refractivity contribution in [2.45, 2.75) is 0 Å². The van der Waals surface area contributed by atoms with E-state index in [1.54, 1.807) is 0 Å². The molecule has 0 atom stereocenters. The summed E-state index contributed by atoms with van der Waals surface area (Å²) < 4.78 is 45.0. The summed E-state index contributed by atoms with van der Waals surface area (Å²) in [6, 6.07) is 9.87. The summed E-state index contributed by atoms with van der Waals surface area (Å²) in [6.45, 7) is 30.7. The summed E-state index contributed by atoms with van der Waals surface area (Å²) in [7, 11) is 0. The molecule has 1 saturated carbocycles. The molecule has 1 aromatic rings. The normalized spacial score (nSPS) is 7.38. The first-order valence-electron chi connectivity index (χ1n) is 5.16. The first-order chi connectivity index (χ1) is 11.9. The van der Waals surface area contributed by atoms with E-state index in [0.717, 1.165) is 5.56 Å². The van der Waals surface area contributed by atoms with E-state index in [-0.39, 0.29) is 37.5 Å². The molecule has 6 nitrogen and oxygen atoms in total. The molecular weight excluding hydrogens is 554 g/mol. The Kier molecular flexibility index (Phi) is 171. The molecule has 1 fully saturated rings. The fourth-order valence-electron chi connectivity index (χ4n) is 0.799. The van der Waals surface area contributed by atoms with Gasteiger partial charge in [-0.1, -0.05) is 6.07 Å². The van der Waals surface area contributed by atoms with Crippen LogP contribution in [0.1, 0.15) is 5.56 Å². The fourth-order valence-corrected chi connectivity index (χ4v) is 0.799. The average Bonchev–Trinajstić information content (AvgIpc) is 3.32. The maximum atomic E-state index is 7.50. The van der Waals surface area contributed by atoms with Gasteiger partial charge in [-0.2, -0.15) is 24.6 Å². The van der Waals surface area contributed by atoms with Gasteiger partial charge in [-0.25, -0.2) is 0 Å². The van der Waals surface area contributed by atoms with Crippen LogP contribution in [-0.2, 0) is 65.4 Å². The van der Waals surface area contributed by atoms with Crippen LogP contribution in [0.25, 0.3) is 0 Å². The SMILES string of the molecule is [C-]#[O+].[C-]#[O+].[C-]#[O+].[C-]#[O+].[C-]#[O+].[C-]#[O+].[CH2-]c1ccccc1.[CH]1[CH][CH][CH][CH]1.[Fe].[Re]. The molecule has 8 heteroatoms. The van der Waals surface area contributed by atoms with Gasteiger partial charge in [0.1, 0.15) is 0 Å². The van der Waals surface area contributed by atoms with E-state index in [4.69, 9.17) is 27.9 Å². The third-order valence-corrected chi connectivity index (χ3v) is 1.40. The third-order valence-electron chi connectivity index (χ3n) is 1.40. The standard InChI is InChI=1S/C7H7.C5H5.6CO.Fe.Re/c1-7-5-3-2-4-6-7;1-2-4-5-3-1;6*1-2;;/h2-6H,1H2;1-5H;;;;;;;;/q-1;;;;;;;;;. The molecule has 26 heavy (non-hydrogen) atoms. The summed E-state index contributed by atoms with van der Waals surface area (Å²) in [5.74, 6) is 0. The van der Waals surface area contributed by atoms with Crippen molar-refractivity contribution in [2.75, 3.05) is 0 Å². The minimum Gasteiger partial charge on any atom is -0.199 e. The molecule has 0 unspecified atom stereocenters. The predicted molar refractivity (Wildman–Crippen MR) is 76.0 cm³/mol. The Labute approximate surface area is 180 Å². The zero-order chi connectivity index (χ0) is 20.6. The molecule has 1 aliphatic rings. The fraction of sp³-hybridized carbons (Fsp3) is 0. The summed E-state index contributed by atoms with van der Waals surface area (Å²) in [5, 5.41) is 0. The van der Waals surface area contributed by atoms with Crippen molar-refractivity contribution < 1.29 is 65.4 Å². The molecule has 2 rings (SSSR count). The molecular formula is C18H12FeO6Re-. The van der Waals surface area contributed by atoms with Crippen molar-refractivity contribution in [3.63, 3.8) is 0 Å². The second-order valence-corrected chi connectivity index (χ2v) is 2.45. The largest absolute Gasteiger partial charge is 0.199 e. The van der Waals surface area contributed by atoms with Gasteiger partial charge in [-0.15, -0.1) is 12.1 Å². The van der Waals surface area contributed by atoms with Crippen LogP contribution in [0.15, 0.2) is 30.3 Å². The zero-order valence-electron chi connectivity index (χ0n) is 13.2. The van der Waals surface area contributed by atoms with Gasteiger partial charge in [-0.3, -0.25) is 0 Å². The smallest absolute Gasteiger partial charge is 0 e. The summed E-state index contributed by atoms with van der Waals surface area (Å²) in [4.78, 5) is 0. The van der Waals surface area contributed by atoms with Gasteiger partial charge in [0.15, 0.2) is 0 Å². The van der Waals surface area contributed by atoms with E-state index in [9.17, 15) is 0 Å². The van der Waals surface area contributed by atoms with Crippen molar-refractivity contribution in [2.24, 2.45) is 0 Å². The topological polar surface area (TPSA) is 119 Å². The number of hydrogen-bond acceptors (Lipinski definition) is 0. The molecule has 1 aromatic carbocycles. The van der Waals surface area contributed by atoms with Crippen LogP contribution in [0.2, 0.25) is 0 Å². The minimum atomic E-state index is 0. The van der Waals surface area contributed by atoms with Crippen molar-refractivity contribution in [3.8, 4) is 0 Å². The summed E-state index contributed by atoms with van der Waals surface area (Å²) >= 11 is 0.